The molecule has 0 radical (unpaired) electrons. The van der Waals surface area contributed by atoms with Crippen molar-refractivity contribution in [2.45, 2.75) is 38.7 Å². The minimum absolute atomic E-state index is 0.167. The maximum Gasteiger partial charge on any atom is 0.239 e. The third-order valence-corrected chi connectivity index (χ3v) is 5.18. The van der Waals surface area contributed by atoms with E-state index in [2.05, 4.69) is 20.3 Å². The second-order valence-corrected chi connectivity index (χ2v) is 7.73. The molecule has 1 aromatic carbocycles. The van der Waals surface area contributed by atoms with Gasteiger partial charge in [0.15, 0.2) is 5.82 Å². The average molecular weight is 409 g/mol. The highest BCUT2D eigenvalue weighted by Crippen LogP contribution is 2.28. The predicted molar refractivity (Wildman–Crippen MR) is 105 cm³/mol. The van der Waals surface area contributed by atoms with Gasteiger partial charge in [0.2, 0.25) is 5.91 Å². The molecule has 1 saturated heterocycles. The molecule has 28 heavy (non-hydrogen) atoms. The molecule has 1 aliphatic heterocycles. The van der Waals surface area contributed by atoms with Gasteiger partial charge in [-0.1, -0.05) is 22.8 Å². The zero-order valence-corrected chi connectivity index (χ0v) is 16.8. The van der Waals surface area contributed by atoms with Gasteiger partial charge in [0.1, 0.15) is 18.1 Å². The van der Waals surface area contributed by atoms with Crippen LogP contribution in [0.2, 0.25) is 5.02 Å². The Balaban J connectivity index is 1.51. The topological polar surface area (TPSA) is 101 Å². The first-order valence-corrected chi connectivity index (χ1v) is 9.65. The third-order valence-electron chi connectivity index (χ3n) is 4.87. The van der Waals surface area contributed by atoms with Crippen molar-refractivity contribution in [3.05, 3.63) is 34.5 Å². The van der Waals surface area contributed by atoms with Gasteiger partial charge >= 0.3 is 0 Å². The summed E-state index contributed by atoms with van der Waals surface area (Å²) in [6.45, 7) is 5.36. The summed E-state index contributed by atoms with van der Waals surface area (Å²) in [4.78, 5) is 14.2. The van der Waals surface area contributed by atoms with E-state index in [1.807, 2.05) is 24.0 Å². The highest BCUT2D eigenvalue weighted by molar-refractivity contribution is 6.32. The molecule has 1 aliphatic rings. The van der Waals surface area contributed by atoms with Gasteiger partial charge in [-0.25, -0.2) is 4.63 Å². The van der Waals surface area contributed by atoms with E-state index in [9.17, 15) is 9.90 Å². The second kappa shape index (κ2) is 8.89. The molecule has 2 N–H and O–H groups in total. The molecule has 1 atom stereocenters. The summed E-state index contributed by atoms with van der Waals surface area (Å²) in [5.74, 6) is 0.721. The summed E-state index contributed by atoms with van der Waals surface area (Å²) in [5.41, 5.74) is 0.623. The smallest absolute Gasteiger partial charge is 0.239 e. The molecule has 1 amide bonds. The van der Waals surface area contributed by atoms with Crippen LogP contribution in [-0.4, -0.2) is 58.1 Å². The fourth-order valence-corrected chi connectivity index (χ4v) is 3.36. The maximum absolute atomic E-state index is 12.2. The number of aryl methyl sites for hydroxylation is 2. The Labute approximate surface area is 168 Å². The van der Waals surface area contributed by atoms with Crippen LogP contribution in [0.4, 0.5) is 5.82 Å². The summed E-state index contributed by atoms with van der Waals surface area (Å²) >= 11 is 6.17. The number of aromatic nitrogens is 2. The number of benzene rings is 1. The van der Waals surface area contributed by atoms with Crippen molar-refractivity contribution in [1.29, 1.82) is 0 Å². The summed E-state index contributed by atoms with van der Waals surface area (Å²) < 4.78 is 10.4. The number of anilines is 1. The van der Waals surface area contributed by atoms with E-state index in [0.717, 1.165) is 18.5 Å². The largest absolute Gasteiger partial charge is 0.489 e. The van der Waals surface area contributed by atoms with Crippen molar-refractivity contribution in [2.75, 3.05) is 31.6 Å². The summed E-state index contributed by atoms with van der Waals surface area (Å²) in [7, 11) is 0. The fourth-order valence-electron chi connectivity index (χ4n) is 3.19. The Hall–Kier alpha value is -2.16. The van der Waals surface area contributed by atoms with Gasteiger partial charge in [0, 0.05) is 6.54 Å². The van der Waals surface area contributed by atoms with Crippen molar-refractivity contribution in [3.8, 4) is 5.75 Å². The number of carbonyl (C=O) groups is 1. The van der Waals surface area contributed by atoms with Gasteiger partial charge in [-0.05, 0) is 62.5 Å². The lowest BCUT2D eigenvalue weighted by molar-refractivity contribution is -0.117. The zero-order valence-electron chi connectivity index (χ0n) is 16.1. The molecule has 0 aliphatic carbocycles. The Morgan fingerprint density at radius 2 is 2.18 bits per heavy atom. The SMILES string of the molecule is Cc1ccc(Cl)c(OCC2(O)CCCN(CC(=O)Nc3nonc3C)CC2)c1. The van der Waals surface area contributed by atoms with Gasteiger partial charge in [0.05, 0.1) is 17.2 Å². The van der Waals surface area contributed by atoms with E-state index in [0.29, 0.717) is 41.7 Å². The highest BCUT2D eigenvalue weighted by Gasteiger charge is 2.32. The van der Waals surface area contributed by atoms with Gasteiger partial charge in [-0.15, -0.1) is 0 Å². The quantitative estimate of drug-likeness (QED) is 0.757. The minimum Gasteiger partial charge on any atom is -0.489 e. The third kappa shape index (κ3) is 5.43. The fraction of sp³-hybridized carbons (Fsp3) is 0.526. The maximum atomic E-state index is 12.2. The Morgan fingerprint density at radius 3 is 2.93 bits per heavy atom. The number of rotatable bonds is 6. The number of likely N-dealkylation sites (tertiary alicyclic amines) is 1. The first kappa shape index (κ1) is 20.6. The summed E-state index contributed by atoms with van der Waals surface area (Å²) in [5, 5.41) is 21.4. The van der Waals surface area contributed by atoms with Crippen LogP contribution in [0.5, 0.6) is 5.75 Å². The van der Waals surface area contributed by atoms with Crippen molar-refractivity contribution in [2.24, 2.45) is 0 Å². The normalized spacial score (nSPS) is 20.6. The lowest BCUT2D eigenvalue weighted by atomic mass is 9.96. The van der Waals surface area contributed by atoms with Crippen LogP contribution in [0.15, 0.2) is 22.8 Å². The van der Waals surface area contributed by atoms with E-state index in [-0.39, 0.29) is 19.1 Å². The Morgan fingerprint density at radius 1 is 1.36 bits per heavy atom. The molecule has 1 fully saturated rings. The van der Waals surface area contributed by atoms with Crippen molar-refractivity contribution < 1.29 is 19.3 Å². The molecule has 0 spiro atoms. The molecule has 8 nitrogen and oxygen atoms in total. The Kier molecular flexibility index (Phi) is 6.53. The van der Waals surface area contributed by atoms with Crippen LogP contribution in [0, 0.1) is 13.8 Å². The van der Waals surface area contributed by atoms with E-state index in [1.165, 1.54) is 0 Å². The van der Waals surface area contributed by atoms with Crippen LogP contribution < -0.4 is 10.1 Å². The zero-order chi connectivity index (χ0) is 20.1. The first-order valence-electron chi connectivity index (χ1n) is 9.27. The number of hydrogen-bond donors (Lipinski definition) is 2. The van der Waals surface area contributed by atoms with Crippen molar-refractivity contribution in [1.82, 2.24) is 15.2 Å². The van der Waals surface area contributed by atoms with Gasteiger partial charge in [0.25, 0.3) is 0 Å². The van der Waals surface area contributed by atoms with E-state index in [1.54, 1.807) is 13.0 Å². The van der Waals surface area contributed by atoms with E-state index < -0.39 is 5.60 Å². The standard InChI is InChI=1S/C19H25ClN4O4/c1-13-4-5-15(20)16(10-13)27-12-19(26)6-3-8-24(9-7-19)11-17(25)21-18-14(2)22-28-23-18/h4-5,10,26H,3,6-9,11-12H2,1-2H3,(H,21,23,25). The number of nitrogens with one attached hydrogen (secondary N) is 1. The van der Waals surface area contributed by atoms with Crippen molar-refractivity contribution in [3.63, 3.8) is 0 Å². The number of hydrogen-bond acceptors (Lipinski definition) is 7. The number of aliphatic hydroxyl groups is 1. The van der Waals surface area contributed by atoms with Crippen LogP contribution >= 0.6 is 11.6 Å². The first-order chi connectivity index (χ1) is 13.3. The molecule has 1 aromatic heterocycles. The lowest BCUT2D eigenvalue weighted by Crippen LogP contribution is -2.38. The van der Waals surface area contributed by atoms with Gasteiger partial charge < -0.3 is 15.2 Å². The average Bonchev–Trinajstić information content (AvgIpc) is 2.95. The van der Waals surface area contributed by atoms with Gasteiger partial charge in [-0.2, -0.15) is 0 Å². The van der Waals surface area contributed by atoms with Crippen LogP contribution in [0.25, 0.3) is 0 Å². The molecule has 3 rings (SSSR count). The van der Waals surface area contributed by atoms with Crippen LogP contribution in [-0.2, 0) is 4.79 Å². The number of ether oxygens (including phenoxy) is 1. The number of nitrogens with zero attached hydrogens (tertiary/aromatic N) is 3. The second-order valence-electron chi connectivity index (χ2n) is 7.32. The highest BCUT2D eigenvalue weighted by atomic mass is 35.5. The molecule has 1 unspecified atom stereocenters. The van der Waals surface area contributed by atoms with Crippen molar-refractivity contribution >= 4 is 23.3 Å². The number of halogens is 1. The molecule has 0 bridgehead atoms. The van der Waals surface area contributed by atoms with Crippen LogP contribution in [0.3, 0.4) is 0 Å². The van der Waals surface area contributed by atoms with E-state index >= 15 is 0 Å². The molecular weight excluding hydrogens is 384 g/mol. The predicted octanol–water partition coefficient (Wildman–Crippen LogP) is 2.57. The number of amides is 1. The molecule has 2 heterocycles. The minimum atomic E-state index is -0.953. The van der Waals surface area contributed by atoms with Crippen LogP contribution in [0.1, 0.15) is 30.5 Å². The molecular formula is C19H25ClN4O4. The lowest BCUT2D eigenvalue weighted by Gasteiger charge is -2.27. The Bertz CT molecular complexity index is 828. The molecule has 9 heteroatoms. The van der Waals surface area contributed by atoms with E-state index in [4.69, 9.17) is 16.3 Å². The molecule has 152 valence electrons. The molecule has 0 saturated carbocycles. The monoisotopic (exact) mass is 408 g/mol. The molecule has 2 aromatic rings. The van der Waals surface area contributed by atoms with Gasteiger partial charge in [-0.3, -0.25) is 9.69 Å². The number of carbonyl (C=O) groups excluding carboxylic acids is 1. The summed E-state index contributed by atoms with van der Waals surface area (Å²) in [6.07, 6.45) is 1.87. The summed E-state index contributed by atoms with van der Waals surface area (Å²) in [6, 6.07) is 5.56.